The standard InChI is InChI=1S/C24H33N3O4S/c1-4-31-23-13-11-22(12-14-23)27(32(3,29)30)19(2)24(28)25-17-20-9-5-6-10-21(20)18-26-15-7-8-16-26/h5-6,9-14,19H,4,7-8,15-18H2,1-3H3,(H,25,28)/t19-/m1/s1. The molecular formula is C24H33N3O4S. The summed E-state index contributed by atoms with van der Waals surface area (Å²) in [5.74, 6) is 0.303. The Hall–Kier alpha value is -2.58. The summed E-state index contributed by atoms with van der Waals surface area (Å²) in [4.78, 5) is 15.4. The molecule has 0 saturated carbocycles. The molecule has 0 bridgehead atoms. The smallest absolute Gasteiger partial charge is 0.243 e. The first kappa shape index (κ1) is 24.1. The summed E-state index contributed by atoms with van der Waals surface area (Å²) < 4.78 is 31.6. The van der Waals surface area contributed by atoms with Crippen molar-refractivity contribution in [3.63, 3.8) is 0 Å². The second-order valence-corrected chi connectivity index (χ2v) is 9.99. The molecule has 0 spiro atoms. The lowest BCUT2D eigenvalue weighted by molar-refractivity contribution is -0.122. The molecule has 0 aliphatic carbocycles. The Morgan fingerprint density at radius 3 is 2.31 bits per heavy atom. The van der Waals surface area contributed by atoms with E-state index >= 15 is 0 Å². The molecule has 1 atom stereocenters. The molecule has 0 unspecified atom stereocenters. The fourth-order valence-corrected chi connectivity index (χ4v) is 5.24. The van der Waals surface area contributed by atoms with Crippen LogP contribution in [0.15, 0.2) is 48.5 Å². The molecule has 1 aliphatic heterocycles. The molecule has 0 radical (unpaired) electrons. The fourth-order valence-electron chi connectivity index (χ4n) is 4.06. The quantitative estimate of drug-likeness (QED) is 0.591. The highest BCUT2D eigenvalue weighted by Crippen LogP contribution is 2.24. The summed E-state index contributed by atoms with van der Waals surface area (Å²) in [7, 11) is -3.67. The zero-order chi connectivity index (χ0) is 23.1. The summed E-state index contributed by atoms with van der Waals surface area (Å²) in [6.45, 7) is 7.42. The van der Waals surface area contributed by atoms with Crippen LogP contribution in [0.25, 0.3) is 0 Å². The van der Waals surface area contributed by atoms with E-state index in [0.717, 1.165) is 35.8 Å². The number of rotatable bonds is 10. The highest BCUT2D eigenvalue weighted by atomic mass is 32.2. The lowest BCUT2D eigenvalue weighted by atomic mass is 10.1. The monoisotopic (exact) mass is 459 g/mol. The number of nitrogens with zero attached hydrogens (tertiary/aromatic N) is 2. The number of ether oxygens (including phenoxy) is 1. The van der Waals surface area contributed by atoms with Gasteiger partial charge in [-0.3, -0.25) is 14.0 Å². The number of sulfonamides is 1. The lowest BCUT2D eigenvalue weighted by Gasteiger charge is -2.28. The van der Waals surface area contributed by atoms with Gasteiger partial charge in [0.1, 0.15) is 11.8 Å². The summed E-state index contributed by atoms with van der Waals surface area (Å²) in [5.41, 5.74) is 2.66. The topological polar surface area (TPSA) is 79.0 Å². The molecule has 1 heterocycles. The van der Waals surface area contributed by atoms with Gasteiger partial charge in [0.2, 0.25) is 15.9 Å². The molecule has 32 heavy (non-hydrogen) atoms. The zero-order valence-corrected chi connectivity index (χ0v) is 19.9. The Bertz CT molecular complexity index is 1000. The van der Waals surface area contributed by atoms with Crippen LogP contribution in [0.4, 0.5) is 5.69 Å². The van der Waals surface area contributed by atoms with E-state index in [1.807, 2.05) is 25.1 Å². The van der Waals surface area contributed by atoms with Crippen LogP contribution >= 0.6 is 0 Å². The van der Waals surface area contributed by atoms with Gasteiger partial charge in [0.25, 0.3) is 0 Å². The minimum absolute atomic E-state index is 0.347. The van der Waals surface area contributed by atoms with Crippen LogP contribution in [0.5, 0.6) is 5.75 Å². The maximum Gasteiger partial charge on any atom is 0.243 e. The van der Waals surface area contributed by atoms with Crippen LogP contribution in [0.2, 0.25) is 0 Å². The molecule has 7 nitrogen and oxygen atoms in total. The van der Waals surface area contributed by atoms with E-state index in [1.54, 1.807) is 31.2 Å². The number of benzene rings is 2. The van der Waals surface area contributed by atoms with E-state index in [2.05, 4.69) is 16.3 Å². The van der Waals surface area contributed by atoms with Crippen LogP contribution in [-0.4, -0.2) is 51.2 Å². The number of carbonyl (C=O) groups excluding carboxylic acids is 1. The van der Waals surface area contributed by atoms with Gasteiger partial charge in [0, 0.05) is 13.1 Å². The maximum atomic E-state index is 13.0. The van der Waals surface area contributed by atoms with Crippen molar-refractivity contribution < 1.29 is 17.9 Å². The van der Waals surface area contributed by atoms with Gasteiger partial charge in [-0.15, -0.1) is 0 Å². The fraction of sp³-hybridized carbons (Fsp3) is 0.458. The predicted octanol–water partition coefficient (Wildman–Crippen LogP) is 3.15. The normalized spacial score (nSPS) is 15.3. The molecule has 1 aliphatic rings. The molecule has 174 valence electrons. The Balaban J connectivity index is 1.70. The van der Waals surface area contributed by atoms with Gasteiger partial charge in [0.05, 0.1) is 18.6 Å². The summed E-state index contributed by atoms with van der Waals surface area (Å²) in [6, 6.07) is 13.9. The van der Waals surface area contributed by atoms with E-state index < -0.39 is 16.1 Å². The Kier molecular flexibility index (Phi) is 8.15. The average Bonchev–Trinajstić information content (AvgIpc) is 3.26. The van der Waals surface area contributed by atoms with Crippen molar-refractivity contribution in [1.82, 2.24) is 10.2 Å². The highest BCUT2D eigenvalue weighted by Gasteiger charge is 2.29. The number of carbonyl (C=O) groups is 1. The highest BCUT2D eigenvalue weighted by molar-refractivity contribution is 7.92. The molecular weight excluding hydrogens is 426 g/mol. The summed E-state index contributed by atoms with van der Waals surface area (Å²) in [6.07, 6.45) is 3.56. The van der Waals surface area contributed by atoms with Crippen molar-refractivity contribution in [1.29, 1.82) is 0 Å². The maximum absolute atomic E-state index is 13.0. The molecule has 3 rings (SSSR count). The Labute approximate surface area is 191 Å². The van der Waals surface area contributed by atoms with E-state index in [1.165, 1.54) is 18.4 Å². The molecule has 1 N–H and O–H groups in total. The van der Waals surface area contributed by atoms with Crippen LogP contribution < -0.4 is 14.4 Å². The van der Waals surface area contributed by atoms with E-state index in [9.17, 15) is 13.2 Å². The lowest BCUT2D eigenvalue weighted by Crippen LogP contribution is -2.47. The van der Waals surface area contributed by atoms with Gasteiger partial charge < -0.3 is 10.1 Å². The second kappa shape index (κ2) is 10.8. The molecule has 2 aromatic carbocycles. The van der Waals surface area contributed by atoms with E-state index in [-0.39, 0.29) is 5.91 Å². The first-order chi connectivity index (χ1) is 15.3. The number of nitrogens with one attached hydrogen (secondary N) is 1. The Morgan fingerprint density at radius 2 is 1.72 bits per heavy atom. The SMILES string of the molecule is CCOc1ccc(N([C@H](C)C(=O)NCc2ccccc2CN2CCCC2)S(C)(=O)=O)cc1. The van der Waals surface area contributed by atoms with Gasteiger partial charge in [-0.25, -0.2) is 8.42 Å². The van der Waals surface area contributed by atoms with Crippen LogP contribution in [0.1, 0.15) is 37.8 Å². The molecule has 1 amide bonds. The van der Waals surface area contributed by atoms with Gasteiger partial charge in [-0.2, -0.15) is 0 Å². The zero-order valence-electron chi connectivity index (χ0n) is 19.1. The number of likely N-dealkylation sites (tertiary alicyclic amines) is 1. The minimum atomic E-state index is -3.67. The van der Waals surface area contributed by atoms with Gasteiger partial charge in [-0.1, -0.05) is 24.3 Å². The van der Waals surface area contributed by atoms with Gasteiger partial charge >= 0.3 is 0 Å². The van der Waals surface area contributed by atoms with Crippen LogP contribution in [0.3, 0.4) is 0 Å². The Morgan fingerprint density at radius 1 is 1.09 bits per heavy atom. The van der Waals surface area contributed by atoms with Crippen molar-refractivity contribution in [2.45, 2.75) is 45.8 Å². The third kappa shape index (κ3) is 6.23. The molecule has 1 fully saturated rings. The minimum Gasteiger partial charge on any atom is -0.494 e. The van der Waals surface area contributed by atoms with Crippen LogP contribution in [0, 0.1) is 0 Å². The largest absolute Gasteiger partial charge is 0.494 e. The third-order valence-corrected chi connectivity index (χ3v) is 6.90. The number of hydrogen-bond donors (Lipinski definition) is 1. The van der Waals surface area contributed by atoms with Crippen LogP contribution in [-0.2, 0) is 27.9 Å². The van der Waals surface area contributed by atoms with E-state index in [0.29, 0.717) is 24.6 Å². The predicted molar refractivity (Wildman–Crippen MR) is 127 cm³/mol. The molecule has 8 heteroatoms. The molecule has 2 aromatic rings. The van der Waals surface area contributed by atoms with Crippen molar-refractivity contribution >= 4 is 21.6 Å². The van der Waals surface area contributed by atoms with Crippen molar-refractivity contribution in [3.8, 4) is 5.75 Å². The second-order valence-electron chi connectivity index (χ2n) is 8.13. The third-order valence-electron chi connectivity index (χ3n) is 5.65. The van der Waals surface area contributed by atoms with Gasteiger partial charge in [0.15, 0.2) is 0 Å². The summed E-state index contributed by atoms with van der Waals surface area (Å²) in [5, 5.41) is 2.93. The number of anilines is 1. The van der Waals surface area contributed by atoms with E-state index in [4.69, 9.17) is 4.74 Å². The van der Waals surface area contributed by atoms with Crippen molar-refractivity contribution in [3.05, 3.63) is 59.7 Å². The number of amides is 1. The number of hydrogen-bond acceptors (Lipinski definition) is 5. The van der Waals surface area contributed by atoms with Crippen molar-refractivity contribution in [2.75, 3.05) is 30.3 Å². The van der Waals surface area contributed by atoms with Crippen molar-refractivity contribution in [2.24, 2.45) is 0 Å². The average molecular weight is 460 g/mol. The first-order valence-corrected chi connectivity index (χ1v) is 12.9. The molecule has 1 saturated heterocycles. The molecule has 0 aromatic heterocycles. The van der Waals surface area contributed by atoms with Gasteiger partial charge in [-0.05, 0) is 75.2 Å². The summed E-state index contributed by atoms with van der Waals surface area (Å²) >= 11 is 0. The first-order valence-electron chi connectivity index (χ1n) is 11.1.